The number of aromatic nitrogens is 3. The summed E-state index contributed by atoms with van der Waals surface area (Å²) in [6, 6.07) is 12.4. The first-order valence-corrected chi connectivity index (χ1v) is 10.8. The summed E-state index contributed by atoms with van der Waals surface area (Å²) in [4.78, 5) is 40.4. The number of hydrogen-bond donors (Lipinski definition) is 3. The molecule has 0 saturated carbocycles. The number of benzene rings is 2. The number of halogens is 1. The third-order valence-electron chi connectivity index (χ3n) is 4.57. The molecule has 0 radical (unpaired) electrons. The smallest absolute Gasteiger partial charge is 0.313 e. The average Bonchev–Trinajstić information content (AvgIpc) is 3.36. The SMILES string of the molecule is CC(=O)Nc1ccc(NC(=O)C(=O)NCCc2csc3nc(-c4cccc(F)c4)nn23)cc1. The Bertz CT molecular complexity index is 1330. The van der Waals surface area contributed by atoms with Crippen LogP contribution in [0.3, 0.4) is 0 Å². The summed E-state index contributed by atoms with van der Waals surface area (Å²) in [5.74, 6) is -1.73. The second kappa shape index (κ2) is 9.57. The monoisotopic (exact) mass is 466 g/mol. The highest BCUT2D eigenvalue weighted by Crippen LogP contribution is 2.21. The fourth-order valence-corrected chi connectivity index (χ4v) is 3.92. The van der Waals surface area contributed by atoms with Crippen molar-refractivity contribution < 1.29 is 18.8 Å². The van der Waals surface area contributed by atoms with Crippen LogP contribution in [0, 0.1) is 5.82 Å². The molecule has 2 heterocycles. The van der Waals surface area contributed by atoms with Gasteiger partial charge in [0, 0.05) is 42.2 Å². The van der Waals surface area contributed by atoms with Crippen LogP contribution in [0.4, 0.5) is 15.8 Å². The van der Waals surface area contributed by atoms with Crippen LogP contribution in [0.25, 0.3) is 16.3 Å². The summed E-state index contributed by atoms with van der Waals surface area (Å²) < 4.78 is 15.1. The fraction of sp³-hybridized carbons (Fsp3) is 0.136. The molecular weight excluding hydrogens is 447 g/mol. The van der Waals surface area contributed by atoms with Crippen molar-refractivity contribution in [3.05, 3.63) is 65.4 Å². The Balaban J connectivity index is 1.32. The van der Waals surface area contributed by atoms with E-state index in [1.54, 1.807) is 40.9 Å². The zero-order valence-electron chi connectivity index (χ0n) is 17.5. The number of amides is 3. The van der Waals surface area contributed by atoms with Crippen LogP contribution in [0.5, 0.6) is 0 Å². The predicted molar refractivity (Wildman–Crippen MR) is 122 cm³/mol. The Morgan fingerprint density at radius 2 is 1.76 bits per heavy atom. The molecule has 33 heavy (non-hydrogen) atoms. The number of nitrogens with zero attached hydrogens (tertiary/aromatic N) is 3. The maximum absolute atomic E-state index is 13.5. The van der Waals surface area contributed by atoms with Gasteiger partial charge >= 0.3 is 11.8 Å². The molecule has 9 nitrogen and oxygen atoms in total. The Morgan fingerprint density at radius 1 is 1.03 bits per heavy atom. The molecule has 0 aliphatic heterocycles. The van der Waals surface area contributed by atoms with Crippen LogP contribution in [-0.2, 0) is 20.8 Å². The van der Waals surface area contributed by atoms with E-state index in [0.29, 0.717) is 34.1 Å². The number of carbonyl (C=O) groups is 3. The van der Waals surface area contributed by atoms with E-state index in [4.69, 9.17) is 0 Å². The molecule has 0 fully saturated rings. The van der Waals surface area contributed by atoms with Crippen molar-refractivity contribution in [1.82, 2.24) is 19.9 Å². The summed E-state index contributed by atoms with van der Waals surface area (Å²) in [7, 11) is 0. The van der Waals surface area contributed by atoms with Gasteiger partial charge in [0.05, 0.1) is 5.69 Å². The van der Waals surface area contributed by atoms with Crippen LogP contribution in [0.15, 0.2) is 53.9 Å². The van der Waals surface area contributed by atoms with Gasteiger partial charge in [-0.05, 0) is 36.4 Å². The van der Waals surface area contributed by atoms with E-state index in [0.717, 1.165) is 5.69 Å². The molecule has 11 heteroatoms. The van der Waals surface area contributed by atoms with Gasteiger partial charge < -0.3 is 16.0 Å². The summed E-state index contributed by atoms with van der Waals surface area (Å²) in [5.41, 5.74) is 2.39. The van der Waals surface area contributed by atoms with Gasteiger partial charge in [-0.2, -0.15) is 4.98 Å². The number of carbonyl (C=O) groups excluding carboxylic acids is 3. The first-order valence-electron chi connectivity index (χ1n) is 9.95. The Labute approximate surface area is 191 Å². The molecule has 3 amide bonds. The van der Waals surface area contributed by atoms with Crippen LogP contribution in [0.2, 0.25) is 0 Å². The minimum atomic E-state index is -0.799. The minimum absolute atomic E-state index is 0.204. The second-order valence-corrected chi connectivity index (χ2v) is 7.92. The lowest BCUT2D eigenvalue weighted by atomic mass is 10.2. The number of rotatable bonds is 6. The lowest BCUT2D eigenvalue weighted by molar-refractivity contribution is -0.136. The average molecular weight is 466 g/mol. The van der Waals surface area contributed by atoms with Crippen molar-refractivity contribution in [2.45, 2.75) is 13.3 Å². The lowest BCUT2D eigenvalue weighted by Crippen LogP contribution is -2.36. The highest BCUT2D eigenvalue weighted by Gasteiger charge is 2.15. The van der Waals surface area contributed by atoms with Gasteiger partial charge in [0.1, 0.15) is 5.82 Å². The van der Waals surface area contributed by atoms with E-state index >= 15 is 0 Å². The first-order chi connectivity index (χ1) is 15.9. The maximum atomic E-state index is 13.5. The van der Waals surface area contributed by atoms with Gasteiger partial charge in [-0.25, -0.2) is 8.91 Å². The predicted octanol–water partition coefficient (Wildman–Crippen LogP) is 2.85. The van der Waals surface area contributed by atoms with Crippen LogP contribution in [-0.4, -0.2) is 38.9 Å². The van der Waals surface area contributed by atoms with Gasteiger partial charge in [-0.3, -0.25) is 14.4 Å². The molecule has 0 aliphatic rings. The molecule has 2 aromatic carbocycles. The summed E-state index contributed by atoms with van der Waals surface area (Å²) >= 11 is 1.38. The number of thiazole rings is 1. The van der Waals surface area contributed by atoms with E-state index in [1.807, 2.05) is 5.38 Å². The normalized spacial score (nSPS) is 10.7. The molecule has 2 aromatic heterocycles. The van der Waals surface area contributed by atoms with E-state index in [2.05, 4.69) is 26.0 Å². The molecule has 0 saturated heterocycles. The van der Waals surface area contributed by atoms with E-state index in [-0.39, 0.29) is 18.3 Å². The molecule has 3 N–H and O–H groups in total. The van der Waals surface area contributed by atoms with Gasteiger partial charge in [-0.15, -0.1) is 16.4 Å². The van der Waals surface area contributed by atoms with Crippen molar-refractivity contribution in [3.8, 4) is 11.4 Å². The molecule has 0 spiro atoms. The fourth-order valence-electron chi connectivity index (χ4n) is 3.06. The van der Waals surface area contributed by atoms with Crippen molar-refractivity contribution in [2.75, 3.05) is 17.2 Å². The molecule has 4 aromatic rings. The molecular formula is C22H19FN6O3S. The largest absolute Gasteiger partial charge is 0.347 e. The number of hydrogen-bond acceptors (Lipinski definition) is 6. The third-order valence-corrected chi connectivity index (χ3v) is 5.43. The minimum Gasteiger partial charge on any atom is -0.347 e. The number of fused-ring (bicyclic) bond motifs is 1. The summed E-state index contributed by atoms with van der Waals surface area (Å²) in [6.45, 7) is 1.61. The number of nitrogens with one attached hydrogen (secondary N) is 3. The highest BCUT2D eigenvalue weighted by molar-refractivity contribution is 7.15. The molecule has 0 bridgehead atoms. The molecule has 0 aliphatic carbocycles. The van der Waals surface area contributed by atoms with Crippen molar-refractivity contribution in [2.24, 2.45) is 0 Å². The topological polar surface area (TPSA) is 117 Å². The van der Waals surface area contributed by atoms with Crippen molar-refractivity contribution in [1.29, 1.82) is 0 Å². The standard InChI is InChI=1S/C22H19FN6O3S/c1-13(30)25-16-5-7-17(8-6-16)26-21(32)20(31)24-10-9-18-12-33-22-27-19(28-29(18)22)14-3-2-4-15(23)11-14/h2-8,11-12H,9-10H2,1H3,(H,24,31)(H,25,30)(H,26,32). The van der Waals surface area contributed by atoms with E-state index < -0.39 is 11.8 Å². The van der Waals surface area contributed by atoms with Gasteiger partial charge in [0.2, 0.25) is 10.9 Å². The Kier molecular flexibility index (Phi) is 6.41. The van der Waals surface area contributed by atoms with Crippen LogP contribution in [0.1, 0.15) is 12.6 Å². The van der Waals surface area contributed by atoms with Gasteiger partial charge in [-0.1, -0.05) is 12.1 Å². The van der Waals surface area contributed by atoms with E-state index in [1.165, 1.54) is 30.4 Å². The first kappa shape index (κ1) is 22.1. The number of anilines is 2. The molecule has 4 rings (SSSR count). The molecule has 168 valence electrons. The zero-order valence-corrected chi connectivity index (χ0v) is 18.3. The van der Waals surface area contributed by atoms with Crippen molar-refractivity contribution in [3.63, 3.8) is 0 Å². The second-order valence-electron chi connectivity index (χ2n) is 7.09. The molecule has 0 unspecified atom stereocenters. The van der Waals surface area contributed by atoms with Gasteiger partial charge in [0.15, 0.2) is 5.82 Å². The lowest BCUT2D eigenvalue weighted by Gasteiger charge is -2.07. The van der Waals surface area contributed by atoms with Crippen molar-refractivity contribution >= 4 is 45.4 Å². The Morgan fingerprint density at radius 3 is 2.45 bits per heavy atom. The Hall–Kier alpha value is -4.12. The van der Waals surface area contributed by atoms with Crippen LogP contribution >= 0.6 is 11.3 Å². The third kappa shape index (κ3) is 5.39. The highest BCUT2D eigenvalue weighted by atomic mass is 32.1. The summed E-state index contributed by atoms with van der Waals surface area (Å²) in [5, 5.41) is 14.0. The van der Waals surface area contributed by atoms with Crippen LogP contribution < -0.4 is 16.0 Å². The van der Waals surface area contributed by atoms with Gasteiger partial charge in [0.25, 0.3) is 0 Å². The molecule has 0 atom stereocenters. The maximum Gasteiger partial charge on any atom is 0.313 e. The van der Waals surface area contributed by atoms with E-state index in [9.17, 15) is 18.8 Å². The zero-order chi connectivity index (χ0) is 23.4. The quantitative estimate of drug-likeness (QED) is 0.378. The summed E-state index contributed by atoms with van der Waals surface area (Å²) in [6.07, 6.45) is 0.427.